The highest BCUT2D eigenvalue weighted by Crippen LogP contribution is 2.28. The summed E-state index contributed by atoms with van der Waals surface area (Å²) in [4.78, 5) is 12.2. The zero-order valence-electron chi connectivity index (χ0n) is 13.2. The lowest BCUT2D eigenvalue weighted by Gasteiger charge is -2.31. The number of nitriles is 1. The molecule has 0 heterocycles. The van der Waals surface area contributed by atoms with Crippen molar-refractivity contribution in [3.63, 3.8) is 0 Å². The van der Waals surface area contributed by atoms with Gasteiger partial charge in [-0.05, 0) is 37.5 Å². The standard InChI is InChI=1S/C17H23N3O2/c1-13-6-7-15(22-2)14(10-13)19-11-16(21)20-17(12-18)8-4-3-5-9-17/h6-7,10,19H,3-5,8-9,11H2,1-2H3,(H,20,21). The van der Waals surface area contributed by atoms with Crippen LogP contribution in [0, 0.1) is 18.3 Å². The van der Waals surface area contributed by atoms with Crippen molar-refractivity contribution in [2.24, 2.45) is 0 Å². The maximum atomic E-state index is 12.2. The van der Waals surface area contributed by atoms with Crippen LogP contribution in [0.5, 0.6) is 5.75 Å². The molecule has 1 aromatic rings. The number of benzene rings is 1. The number of carbonyl (C=O) groups is 1. The first-order valence-corrected chi connectivity index (χ1v) is 7.69. The summed E-state index contributed by atoms with van der Waals surface area (Å²) in [5, 5.41) is 15.4. The topological polar surface area (TPSA) is 74.2 Å². The first kappa shape index (κ1) is 16.2. The lowest BCUT2D eigenvalue weighted by atomic mass is 9.83. The molecule has 0 aliphatic heterocycles. The summed E-state index contributed by atoms with van der Waals surface area (Å²) in [6, 6.07) is 8.05. The molecule has 1 aromatic carbocycles. The van der Waals surface area contributed by atoms with Crippen LogP contribution in [0.3, 0.4) is 0 Å². The van der Waals surface area contributed by atoms with Gasteiger partial charge in [0.2, 0.25) is 5.91 Å². The van der Waals surface area contributed by atoms with Crippen molar-refractivity contribution in [3.8, 4) is 11.8 Å². The van der Waals surface area contributed by atoms with Crippen molar-refractivity contribution in [2.45, 2.75) is 44.6 Å². The predicted molar refractivity (Wildman–Crippen MR) is 85.8 cm³/mol. The minimum Gasteiger partial charge on any atom is -0.495 e. The van der Waals surface area contributed by atoms with Gasteiger partial charge in [-0.25, -0.2) is 0 Å². The second-order valence-corrected chi connectivity index (χ2v) is 5.86. The average Bonchev–Trinajstić information content (AvgIpc) is 2.54. The van der Waals surface area contributed by atoms with Crippen molar-refractivity contribution in [2.75, 3.05) is 19.0 Å². The van der Waals surface area contributed by atoms with E-state index in [-0.39, 0.29) is 12.5 Å². The molecule has 1 aliphatic rings. The average molecular weight is 301 g/mol. The maximum Gasteiger partial charge on any atom is 0.240 e. The fraction of sp³-hybridized carbons (Fsp3) is 0.529. The molecule has 118 valence electrons. The maximum absolute atomic E-state index is 12.2. The van der Waals surface area contributed by atoms with Crippen LogP contribution in [-0.2, 0) is 4.79 Å². The van der Waals surface area contributed by atoms with Gasteiger partial charge in [0.25, 0.3) is 0 Å². The number of rotatable bonds is 5. The Bertz CT molecular complexity index is 572. The number of ether oxygens (including phenoxy) is 1. The Labute approximate surface area is 131 Å². The highest BCUT2D eigenvalue weighted by atomic mass is 16.5. The largest absolute Gasteiger partial charge is 0.495 e. The van der Waals surface area contributed by atoms with Gasteiger partial charge in [0.05, 0.1) is 25.4 Å². The predicted octanol–water partition coefficient (Wildman–Crippen LogP) is 2.76. The van der Waals surface area contributed by atoms with E-state index in [1.807, 2.05) is 25.1 Å². The Morgan fingerprint density at radius 3 is 2.73 bits per heavy atom. The van der Waals surface area contributed by atoms with Gasteiger partial charge in [-0.2, -0.15) is 5.26 Å². The summed E-state index contributed by atoms with van der Waals surface area (Å²) in [6.45, 7) is 2.11. The fourth-order valence-electron chi connectivity index (χ4n) is 2.87. The van der Waals surface area contributed by atoms with E-state index in [0.717, 1.165) is 43.4 Å². The van der Waals surface area contributed by atoms with Gasteiger partial charge < -0.3 is 15.4 Å². The third kappa shape index (κ3) is 3.91. The monoisotopic (exact) mass is 301 g/mol. The van der Waals surface area contributed by atoms with Crippen LogP contribution in [0.2, 0.25) is 0 Å². The number of aryl methyl sites for hydroxylation is 1. The molecule has 22 heavy (non-hydrogen) atoms. The SMILES string of the molecule is COc1ccc(C)cc1NCC(=O)NC1(C#N)CCCCC1. The number of anilines is 1. The van der Waals surface area contributed by atoms with Gasteiger partial charge in [-0.3, -0.25) is 4.79 Å². The van der Waals surface area contributed by atoms with E-state index in [4.69, 9.17) is 4.74 Å². The van der Waals surface area contributed by atoms with Crippen molar-refractivity contribution in [1.29, 1.82) is 5.26 Å². The summed E-state index contributed by atoms with van der Waals surface area (Å²) in [7, 11) is 1.60. The third-order valence-electron chi connectivity index (χ3n) is 4.09. The zero-order valence-corrected chi connectivity index (χ0v) is 13.2. The summed E-state index contributed by atoms with van der Waals surface area (Å²) < 4.78 is 5.28. The molecule has 0 radical (unpaired) electrons. The van der Waals surface area contributed by atoms with Gasteiger partial charge in [0.15, 0.2) is 0 Å². The lowest BCUT2D eigenvalue weighted by molar-refractivity contribution is -0.121. The number of nitrogens with one attached hydrogen (secondary N) is 2. The smallest absolute Gasteiger partial charge is 0.240 e. The molecule has 2 N–H and O–H groups in total. The van der Waals surface area contributed by atoms with Crippen LogP contribution in [0.4, 0.5) is 5.69 Å². The van der Waals surface area contributed by atoms with E-state index in [0.29, 0.717) is 5.75 Å². The zero-order chi connectivity index (χ0) is 16.0. The molecule has 0 aromatic heterocycles. The Kier molecular flexibility index (Phi) is 5.26. The second kappa shape index (κ2) is 7.17. The summed E-state index contributed by atoms with van der Waals surface area (Å²) >= 11 is 0. The molecule has 0 saturated heterocycles. The minimum atomic E-state index is -0.687. The molecule has 5 heteroatoms. The number of amides is 1. The molecule has 1 aliphatic carbocycles. The molecule has 1 fully saturated rings. The summed E-state index contributed by atoms with van der Waals surface area (Å²) in [5.74, 6) is 0.540. The first-order valence-electron chi connectivity index (χ1n) is 7.69. The van der Waals surface area contributed by atoms with Gasteiger partial charge >= 0.3 is 0 Å². The van der Waals surface area contributed by atoms with E-state index < -0.39 is 5.54 Å². The van der Waals surface area contributed by atoms with Crippen molar-refractivity contribution in [1.82, 2.24) is 5.32 Å². The Morgan fingerprint density at radius 1 is 1.36 bits per heavy atom. The normalized spacial score (nSPS) is 16.4. The molecule has 1 saturated carbocycles. The summed E-state index contributed by atoms with van der Waals surface area (Å²) in [5.41, 5.74) is 1.19. The highest BCUT2D eigenvalue weighted by Gasteiger charge is 2.33. The molecular formula is C17H23N3O2. The van der Waals surface area contributed by atoms with Crippen LogP contribution < -0.4 is 15.4 Å². The van der Waals surface area contributed by atoms with Gasteiger partial charge in [-0.1, -0.05) is 25.3 Å². The third-order valence-corrected chi connectivity index (χ3v) is 4.09. The van der Waals surface area contributed by atoms with Crippen LogP contribution in [-0.4, -0.2) is 25.1 Å². The second-order valence-electron chi connectivity index (χ2n) is 5.86. The molecular weight excluding hydrogens is 278 g/mol. The van der Waals surface area contributed by atoms with E-state index in [1.165, 1.54) is 0 Å². The molecule has 0 atom stereocenters. The lowest BCUT2D eigenvalue weighted by Crippen LogP contribution is -2.50. The molecule has 0 unspecified atom stereocenters. The minimum absolute atomic E-state index is 0.128. The molecule has 1 amide bonds. The van der Waals surface area contributed by atoms with E-state index in [2.05, 4.69) is 16.7 Å². The van der Waals surface area contributed by atoms with E-state index in [9.17, 15) is 10.1 Å². The van der Waals surface area contributed by atoms with Crippen molar-refractivity contribution < 1.29 is 9.53 Å². The van der Waals surface area contributed by atoms with E-state index in [1.54, 1.807) is 7.11 Å². The van der Waals surface area contributed by atoms with E-state index >= 15 is 0 Å². The number of hydrogen-bond donors (Lipinski definition) is 2. The molecule has 5 nitrogen and oxygen atoms in total. The quantitative estimate of drug-likeness (QED) is 0.877. The first-order chi connectivity index (χ1) is 10.6. The van der Waals surface area contributed by atoms with Gasteiger partial charge in [0.1, 0.15) is 11.3 Å². The number of nitrogens with zero attached hydrogens (tertiary/aromatic N) is 1. The van der Waals surface area contributed by atoms with Crippen LogP contribution in [0.25, 0.3) is 0 Å². The molecule has 2 rings (SSSR count). The summed E-state index contributed by atoms with van der Waals surface area (Å²) in [6.07, 6.45) is 4.60. The highest BCUT2D eigenvalue weighted by molar-refractivity contribution is 5.82. The van der Waals surface area contributed by atoms with Crippen molar-refractivity contribution in [3.05, 3.63) is 23.8 Å². The van der Waals surface area contributed by atoms with Crippen LogP contribution in [0.1, 0.15) is 37.7 Å². The number of methoxy groups -OCH3 is 1. The van der Waals surface area contributed by atoms with Crippen LogP contribution >= 0.6 is 0 Å². The number of carbonyl (C=O) groups excluding carboxylic acids is 1. The fourth-order valence-corrected chi connectivity index (χ4v) is 2.87. The molecule has 0 bridgehead atoms. The Morgan fingerprint density at radius 2 is 2.09 bits per heavy atom. The number of hydrogen-bond acceptors (Lipinski definition) is 4. The molecule has 0 spiro atoms. The van der Waals surface area contributed by atoms with Gasteiger partial charge in [-0.15, -0.1) is 0 Å². The van der Waals surface area contributed by atoms with Crippen LogP contribution in [0.15, 0.2) is 18.2 Å². The Hall–Kier alpha value is -2.22. The van der Waals surface area contributed by atoms with Crippen molar-refractivity contribution >= 4 is 11.6 Å². The van der Waals surface area contributed by atoms with Gasteiger partial charge in [0, 0.05) is 0 Å². The Balaban J connectivity index is 1.95.